The van der Waals surface area contributed by atoms with E-state index in [9.17, 15) is 5.11 Å². The Kier molecular flexibility index (Phi) is 4.39. The van der Waals surface area contributed by atoms with Crippen molar-refractivity contribution in [1.29, 1.82) is 0 Å². The lowest BCUT2D eigenvalue weighted by Crippen LogP contribution is -2.30. The lowest BCUT2D eigenvalue weighted by atomic mass is 9.81. The maximum Gasteiger partial charge on any atom is 0.0894 e. The summed E-state index contributed by atoms with van der Waals surface area (Å²) in [6, 6.07) is 20.4. The number of aryl methyl sites for hydroxylation is 1. The summed E-state index contributed by atoms with van der Waals surface area (Å²) in [5.74, 6) is 0.218. The maximum absolute atomic E-state index is 10.7. The first-order valence-electron chi connectivity index (χ1n) is 6.92. The van der Waals surface area contributed by atoms with Gasteiger partial charge in [-0.3, -0.25) is 0 Å². The second kappa shape index (κ2) is 6.03. The molecule has 0 amide bonds. The minimum Gasteiger partial charge on any atom is -0.385 e. The van der Waals surface area contributed by atoms with Crippen molar-refractivity contribution in [2.75, 3.05) is 0 Å². The largest absolute Gasteiger partial charge is 0.385 e. The number of hydrogen-bond donors (Lipinski definition) is 1. The Morgan fingerprint density at radius 1 is 0.947 bits per heavy atom. The van der Waals surface area contributed by atoms with Gasteiger partial charge in [-0.15, -0.1) is 0 Å². The standard InChI is InChI=1S/C18H22O/c1-15(13-14-16-9-5-3-6-10-16)18(2,19)17-11-7-4-8-12-17/h3-12,15,19H,13-14H2,1-2H3. The van der Waals surface area contributed by atoms with Crippen molar-refractivity contribution in [2.45, 2.75) is 32.3 Å². The van der Waals surface area contributed by atoms with Gasteiger partial charge in [0.05, 0.1) is 5.60 Å². The fraction of sp³-hybridized carbons (Fsp3) is 0.333. The Hall–Kier alpha value is -1.60. The highest BCUT2D eigenvalue weighted by molar-refractivity contribution is 5.22. The molecule has 0 radical (unpaired) electrons. The molecule has 1 N–H and O–H groups in total. The van der Waals surface area contributed by atoms with Gasteiger partial charge in [-0.2, -0.15) is 0 Å². The van der Waals surface area contributed by atoms with E-state index in [1.807, 2.05) is 43.3 Å². The van der Waals surface area contributed by atoms with Crippen LogP contribution < -0.4 is 0 Å². The first-order chi connectivity index (χ1) is 9.10. The predicted octanol–water partition coefficient (Wildman–Crippen LogP) is 4.16. The molecule has 0 saturated carbocycles. The zero-order valence-corrected chi connectivity index (χ0v) is 11.7. The van der Waals surface area contributed by atoms with Crippen LogP contribution in [0.2, 0.25) is 0 Å². The van der Waals surface area contributed by atoms with E-state index in [-0.39, 0.29) is 5.92 Å². The van der Waals surface area contributed by atoms with Gasteiger partial charge < -0.3 is 5.11 Å². The summed E-state index contributed by atoms with van der Waals surface area (Å²) >= 11 is 0. The molecule has 1 nitrogen and oxygen atoms in total. The van der Waals surface area contributed by atoms with Crippen molar-refractivity contribution >= 4 is 0 Å². The van der Waals surface area contributed by atoms with Gasteiger partial charge in [0, 0.05) is 0 Å². The SMILES string of the molecule is CC(CCc1ccccc1)C(C)(O)c1ccccc1. The van der Waals surface area contributed by atoms with Crippen molar-refractivity contribution in [3.05, 3.63) is 71.8 Å². The number of hydrogen-bond acceptors (Lipinski definition) is 1. The van der Waals surface area contributed by atoms with Gasteiger partial charge in [-0.1, -0.05) is 67.6 Å². The number of benzene rings is 2. The first kappa shape index (κ1) is 13.8. The molecule has 2 rings (SSSR count). The van der Waals surface area contributed by atoms with Crippen molar-refractivity contribution in [3.63, 3.8) is 0 Å². The van der Waals surface area contributed by atoms with E-state index in [0.717, 1.165) is 18.4 Å². The molecular formula is C18H22O. The molecule has 0 bridgehead atoms. The topological polar surface area (TPSA) is 20.2 Å². The molecule has 0 saturated heterocycles. The Bertz CT molecular complexity index is 488. The Morgan fingerprint density at radius 3 is 2.05 bits per heavy atom. The van der Waals surface area contributed by atoms with Crippen LogP contribution in [0.25, 0.3) is 0 Å². The molecule has 2 aromatic rings. The van der Waals surface area contributed by atoms with Crippen LogP contribution in [-0.4, -0.2) is 5.11 Å². The average molecular weight is 254 g/mol. The van der Waals surface area contributed by atoms with Crippen LogP contribution in [0.4, 0.5) is 0 Å². The minimum absolute atomic E-state index is 0.218. The minimum atomic E-state index is -0.768. The quantitative estimate of drug-likeness (QED) is 0.849. The van der Waals surface area contributed by atoms with Crippen LogP contribution in [0, 0.1) is 5.92 Å². The monoisotopic (exact) mass is 254 g/mol. The smallest absolute Gasteiger partial charge is 0.0894 e. The predicted molar refractivity (Wildman–Crippen MR) is 79.9 cm³/mol. The van der Waals surface area contributed by atoms with Gasteiger partial charge in [-0.25, -0.2) is 0 Å². The summed E-state index contributed by atoms with van der Waals surface area (Å²) in [5, 5.41) is 10.7. The highest BCUT2D eigenvalue weighted by Gasteiger charge is 2.29. The molecule has 100 valence electrons. The lowest BCUT2D eigenvalue weighted by Gasteiger charge is -2.31. The van der Waals surface area contributed by atoms with E-state index in [4.69, 9.17) is 0 Å². The van der Waals surface area contributed by atoms with Gasteiger partial charge in [0.15, 0.2) is 0 Å². The van der Waals surface area contributed by atoms with E-state index in [2.05, 4.69) is 31.2 Å². The normalized spacial score (nSPS) is 15.7. The van der Waals surface area contributed by atoms with Crippen LogP contribution >= 0.6 is 0 Å². The summed E-state index contributed by atoms with van der Waals surface area (Å²) < 4.78 is 0. The third kappa shape index (κ3) is 3.45. The molecule has 0 aromatic heterocycles. The molecule has 2 unspecified atom stereocenters. The second-order valence-corrected chi connectivity index (χ2v) is 5.44. The van der Waals surface area contributed by atoms with Crippen LogP contribution in [-0.2, 0) is 12.0 Å². The highest BCUT2D eigenvalue weighted by Crippen LogP contribution is 2.31. The van der Waals surface area contributed by atoms with Crippen LogP contribution in [0.5, 0.6) is 0 Å². The molecule has 0 fully saturated rings. The second-order valence-electron chi connectivity index (χ2n) is 5.44. The molecule has 0 spiro atoms. The summed E-state index contributed by atoms with van der Waals surface area (Å²) in [4.78, 5) is 0. The molecule has 0 aliphatic heterocycles. The summed E-state index contributed by atoms with van der Waals surface area (Å²) in [6.45, 7) is 4.04. The van der Waals surface area contributed by atoms with Crippen LogP contribution in [0.15, 0.2) is 60.7 Å². The van der Waals surface area contributed by atoms with Gasteiger partial charge in [0.25, 0.3) is 0 Å². The molecule has 2 aromatic carbocycles. The fourth-order valence-corrected chi connectivity index (χ4v) is 2.37. The fourth-order valence-electron chi connectivity index (χ4n) is 2.37. The molecule has 1 heteroatoms. The zero-order chi connectivity index (χ0) is 13.7. The summed E-state index contributed by atoms with van der Waals surface area (Å²) in [7, 11) is 0. The van der Waals surface area contributed by atoms with Crippen molar-refractivity contribution in [3.8, 4) is 0 Å². The third-order valence-electron chi connectivity index (χ3n) is 4.03. The molecule has 2 atom stereocenters. The molecule has 0 aliphatic carbocycles. The van der Waals surface area contributed by atoms with Crippen molar-refractivity contribution in [2.24, 2.45) is 5.92 Å². The van der Waals surface area contributed by atoms with Gasteiger partial charge in [0.2, 0.25) is 0 Å². The van der Waals surface area contributed by atoms with Crippen LogP contribution in [0.1, 0.15) is 31.4 Å². The zero-order valence-electron chi connectivity index (χ0n) is 11.7. The average Bonchev–Trinajstić information content (AvgIpc) is 2.46. The summed E-state index contributed by atoms with van der Waals surface area (Å²) in [6.07, 6.45) is 1.98. The number of aliphatic hydroxyl groups is 1. The van der Waals surface area contributed by atoms with E-state index in [0.29, 0.717) is 0 Å². The van der Waals surface area contributed by atoms with E-state index < -0.39 is 5.60 Å². The molecule has 0 aliphatic rings. The lowest BCUT2D eigenvalue weighted by molar-refractivity contribution is -0.00178. The summed E-state index contributed by atoms with van der Waals surface area (Å²) in [5.41, 5.74) is 1.56. The molecule has 0 heterocycles. The number of rotatable bonds is 5. The maximum atomic E-state index is 10.7. The Morgan fingerprint density at radius 2 is 1.47 bits per heavy atom. The highest BCUT2D eigenvalue weighted by atomic mass is 16.3. The molecular weight excluding hydrogens is 232 g/mol. The van der Waals surface area contributed by atoms with Crippen molar-refractivity contribution < 1.29 is 5.11 Å². The van der Waals surface area contributed by atoms with E-state index in [1.54, 1.807) is 0 Å². The van der Waals surface area contributed by atoms with Gasteiger partial charge >= 0.3 is 0 Å². The first-order valence-corrected chi connectivity index (χ1v) is 6.92. The van der Waals surface area contributed by atoms with Crippen LogP contribution in [0.3, 0.4) is 0 Å². The van der Waals surface area contributed by atoms with E-state index >= 15 is 0 Å². The van der Waals surface area contributed by atoms with Gasteiger partial charge in [-0.05, 0) is 36.8 Å². The van der Waals surface area contributed by atoms with Crippen molar-refractivity contribution in [1.82, 2.24) is 0 Å². The van der Waals surface area contributed by atoms with Gasteiger partial charge in [0.1, 0.15) is 0 Å². The Labute approximate surface area is 115 Å². The Balaban J connectivity index is 2.01. The molecule has 19 heavy (non-hydrogen) atoms. The van der Waals surface area contributed by atoms with E-state index in [1.165, 1.54) is 5.56 Å². The third-order valence-corrected chi connectivity index (χ3v) is 4.03.